The smallest absolute Gasteiger partial charge is 0.144 e. The minimum Gasteiger partial charge on any atom is -0.264 e. The van der Waals surface area contributed by atoms with E-state index in [1.165, 1.54) is 6.20 Å². The van der Waals surface area contributed by atoms with Crippen LogP contribution in [-0.4, -0.2) is 13.4 Å². The van der Waals surface area contributed by atoms with Crippen molar-refractivity contribution >= 4 is 10.7 Å². The molecule has 3 nitrogen and oxygen atoms in total. The lowest BCUT2D eigenvalue weighted by Crippen LogP contribution is -1.85. The molecule has 0 unspecified atom stereocenters. The van der Waals surface area contributed by atoms with Gasteiger partial charge in [-0.1, -0.05) is 0 Å². The standard InChI is InChI=1S/C6H6NO2S/c8-10(9)5-6-1-3-7-4-2-6/h1,3-4,10H,5H2. The third-order valence-electron chi connectivity index (χ3n) is 0.986. The largest absolute Gasteiger partial charge is 0.264 e. The van der Waals surface area contributed by atoms with E-state index in [-0.39, 0.29) is 5.75 Å². The Hall–Kier alpha value is -0.900. The summed E-state index contributed by atoms with van der Waals surface area (Å²) in [5.41, 5.74) is 0.658. The van der Waals surface area contributed by atoms with Crippen LogP contribution in [0.4, 0.5) is 0 Å². The number of aromatic nitrogens is 1. The zero-order chi connectivity index (χ0) is 7.40. The molecule has 1 heterocycles. The fourth-order valence-corrected chi connectivity index (χ4v) is 1.06. The molecule has 0 bridgehead atoms. The average molecular weight is 156 g/mol. The summed E-state index contributed by atoms with van der Waals surface area (Å²) in [7, 11) is -2.34. The van der Waals surface area contributed by atoms with Gasteiger partial charge in [0.1, 0.15) is 10.7 Å². The first-order chi connectivity index (χ1) is 4.79. The summed E-state index contributed by atoms with van der Waals surface area (Å²) in [6.45, 7) is 0. The SMILES string of the molecule is O=[SH](=O)Cc1[c]cncc1. The Labute approximate surface area is 60.7 Å². The molecule has 0 saturated carbocycles. The first-order valence-electron chi connectivity index (χ1n) is 2.71. The van der Waals surface area contributed by atoms with Gasteiger partial charge in [0, 0.05) is 18.5 Å². The molecule has 0 aliphatic heterocycles. The number of thiol groups is 1. The highest BCUT2D eigenvalue weighted by Crippen LogP contribution is 1.95. The van der Waals surface area contributed by atoms with Gasteiger partial charge in [-0.2, -0.15) is 0 Å². The number of hydrogen-bond acceptors (Lipinski definition) is 3. The highest BCUT2D eigenvalue weighted by Gasteiger charge is 1.90. The van der Waals surface area contributed by atoms with Gasteiger partial charge in [0.15, 0.2) is 0 Å². The highest BCUT2D eigenvalue weighted by atomic mass is 32.2. The lowest BCUT2D eigenvalue weighted by atomic mass is 10.3. The molecule has 0 aromatic carbocycles. The third kappa shape index (κ3) is 2.14. The van der Waals surface area contributed by atoms with Gasteiger partial charge in [-0.3, -0.25) is 4.98 Å². The van der Waals surface area contributed by atoms with E-state index in [1.807, 2.05) is 0 Å². The van der Waals surface area contributed by atoms with E-state index in [0.717, 1.165) is 0 Å². The van der Waals surface area contributed by atoms with E-state index in [1.54, 1.807) is 12.3 Å². The van der Waals surface area contributed by atoms with Crippen molar-refractivity contribution in [1.82, 2.24) is 4.98 Å². The van der Waals surface area contributed by atoms with Crippen LogP contribution in [0, 0.1) is 6.07 Å². The van der Waals surface area contributed by atoms with E-state index in [4.69, 9.17) is 0 Å². The predicted octanol–water partition coefficient (Wildman–Crippen LogP) is -0.00681. The first-order valence-corrected chi connectivity index (χ1v) is 4.07. The van der Waals surface area contributed by atoms with E-state index >= 15 is 0 Å². The second kappa shape index (κ2) is 3.31. The van der Waals surface area contributed by atoms with Crippen LogP contribution in [0.15, 0.2) is 18.5 Å². The quantitative estimate of drug-likeness (QED) is 0.613. The molecule has 0 saturated heterocycles. The summed E-state index contributed by atoms with van der Waals surface area (Å²) in [5.74, 6) is 0.0534. The van der Waals surface area contributed by atoms with Crippen molar-refractivity contribution in [3.63, 3.8) is 0 Å². The normalized spacial score (nSPS) is 10.1. The summed E-state index contributed by atoms with van der Waals surface area (Å²) >= 11 is 0. The molecule has 53 valence electrons. The van der Waals surface area contributed by atoms with E-state index < -0.39 is 10.7 Å². The minimum absolute atomic E-state index is 0.0534. The van der Waals surface area contributed by atoms with Crippen LogP contribution in [0.3, 0.4) is 0 Å². The van der Waals surface area contributed by atoms with Crippen molar-refractivity contribution in [2.45, 2.75) is 5.75 Å². The molecule has 0 amide bonds. The van der Waals surface area contributed by atoms with Crippen molar-refractivity contribution in [3.8, 4) is 0 Å². The molecule has 1 radical (unpaired) electrons. The number of pyridine rings is 1. The molecule has 1 aromatic heterocycles. The molecule has 0 atom stereocenters. The number of rotatable bonds is 2. The van der Waals surface area contributed by atoms with E-state index in [0.29, 0.717) is 5.56 Å². The second-order valence-corrected chi connectivity index (χ2v) is 2.74. The van der Waals surface area contributed by atoms with Crippen LogP contribution in [0.2, 0.25) is 0 Å². The van der Waals surface area contributed by atoms with Crippen LogP contribution < -0.4 is 0 Å². The lowest BCUT2D eigenvalue weighted by Gasteiger charge is -1.88. The summed E-state index contributed by atoms with van der Waals surface area (Å²) in [6.07, 6.45) is 3.00. The molecule has 0 N–H and O–H groups in total. The summed E-state index contributed by atoms with van der Waals surface area (Å²) in [4.78, 5) is 3.70. The molecule has 0 fully saturated rings. The van der Waals surface area contributed by atoms with Gasteiger partial charge < -0.3 is 0 Å². The second-order valence-electron chi connectivity index (χ2n) is 1.75. The van der Waals surface area contributed by atoms with E-state index in [9.17, 15) is 8.42 Å². The summed E-state index contributed by atoms with van der Waals surface area (Å²) in [5, 5.41) is 0. The zero-order valence-corrected chi connectivity index (χ0v) is 6.04. The van der Waals surface area contributed by atoms with Crippen molar-refractivity contribution in [3.05, 3.63) is 30.1 Å². The molecular weight excluding hydrogens is 150 g/mol. The monoisotopic (exact) mass is 156 g/mol. The van der Waals surface area contributed by atoms with Crippen LogP contribution >= 0.6 is 0 Å². The minimum atomic E-state index is -2.34. The highest BCUT2D eigenvalue weighted by molar-refractivity contribution is 7.71. The Balaban J connectivity index is 2.77. The molecule has 10 heavy (non-hydrogen) atoms. The Bertz CT molecular complexity index is 260. The topological polar surface area (TPSA) is 47.0 Å². The number of nitrogens with zero attached hydrogens (tertiary/aromatic N) is 1. The van der Waals surface area contributed by atoms with Crippen molar-refractivity contribution in [2.75, 3.05) is 0 Å². The lowest BCUT2D eigenvalue weighted by molar-refractivity contribution is 0.614. The van der Waals surface area contributed by atoms with Crippen LogP contribution in [0.5, 0.6) is 0 Å². The van der Waals surface area contributed by atoms with Gasteiger partial charge in [0.05, 0.1) is 5.75 Å². The fourth-order valence-electron chi connectivity index (χ4n) is 0.582. The van der Waals surface area contributed by atoms with Crippen molar-refractivity contribution in [1.29, 1.82) is 0 Å². The maximum absolute atomic E-state index is 10.2. The third-order valence-corrected chi connectivity index (χ3v) is 1.58. The van der Waals surface area contributed by atoms with Crippen molar-refractivity contribution < 1.29 is 8.42 Å². The van der Waals surface area contributed by atoms with Crippen molar-refractivity contribution in [2.24, 2.45) is 0 Å². The molecule has 0 aliphatic rings. The van der Waals surface area contributed by atoms with Gasteiger partial charge in [0.25, 0.3) is 0 Å². The van der Waals surface area contributed by atoms with Gasteiger partial charge in [-0.25, -0.2) is 8.42 Å². The first kappa shape index (κ1) is 7.21. The van der Waals surface area contributed by atoms with Gasteiger partial charge in [-0.05, 0) is 11.6 Å². The zero-order valence-electron chi connectivity index (χ0n) is 5.15. The van der Waals surface area contributed by atoms with Gasteiger partial charge in [0.2, 0.25) is 0 Å². The Morgan fingerprint density at radius 3 is 2.90 bits per heavy atom. The van der Waals surface area contributed by atoms with Gasteiger partial charge in [-0.15, -0.1) is 0 Å². The Kier molecular flexibility index (Phi) is 2.39. The molecule has 1 aromatic rings. The molecule has 0 spiro atoms. The average Bonchev–Trinajstić information content (AvgIpc) is 1.88. The predicted molar refractivity (Wildman–Crippen MR) is 37.1 cm³/mol. The number of hydrogen-bond donors (Lipinski definition) is 1. The molecular formula is C6H6NO2S. The molecule has 1 rings (SSSR count). The maximum Gasteiger partial charge on any atom is 0.144 e. The van der Waals surface area contributed by atoms with Crippen LogP contribution in [0.1, 0.15) is 5.56 Å². The molecule has 4 heteroatoms. The summed E-state index contributed by atoms with van der Waals surface area (Å²) < 4.78 is 20.3. The van der Waals surface area contributed by atoms with Crippen LogP contribution in [-0.2, 0) is 16.5 Å². The maximum atomic E-state index is 10.2. The van der Waals surface area contributed by atoms with E-state index in [2.05, 4.69) is 11.1 Å². The van der Waals surface area contributed by atoms with Gasteiger partial charge >= 0.3 is 0 Å². The fraction of sp³-hybridized carbons (Fsp3) is 0.167. The molecule has 0 aliphatic carbocycles. The summed E-state index contributed by atoms with van der Waals surface area (Å²) in [6, 6.07) is 4.33. The van der Waals surface area contributed by atoms with Crippen LogP contribution in [0.25, 0.3) is 0 Å². The Morgan fingerprint density at radius 2 is 2.40 bits per heavy atom. The Morgan fingerprint density at radius 1 is 1.60 bits per heavy atom.